The van der Waals surface area contributed by atoms with E-state index < -0.39 is 0 Å². The minimum Gasteiger partial charge on any atom is -0.384 e. The maximum atomic E-state index is 11.8. The summed E-state index contributed by atoms with van der Waals surface area (Å²) in [4.78, 5) is 17.9. The fraction of sp³-hybridized carbons (Fsp3) is 0.647. The van der Waals surface area contributed by atoms with E-state index in [2.05, 4.69) is 39.2 Å². The van der Waals surface area contributed by atoms with Gasteiger partial charge in [0.2, 0.25) is 5.91 Å². The van der Waals surface area contributed by atoms with Crippen molar-refractivity contribution in [1.82, 2.24) is 10.2 Å². The number of halogens is 2. The minimum absolute atomic E-state index is 0.297. The van der Waals surface area contributed by atoms with Gasteiger partial charge in [0.25, 0.3) is 0 Å². The van der Waals surface area contributed by atoms with Crippen LogP contribution < -0.4 is 5.32 Å². The van der Waals surface area contributed by atoms with Crippen LogP contribution in [0, 0.1) is 0 Å². The molecule has 0 unspecified atom stereocenters. The van der Waals surface area contributed by atoms with Crippen molar-refractivity contribution >= 4 is 38.6 Å². The van der Waals surface area contributed by atoms with Crippen LogP contribution in [-0.2, 0) is 4.79 Å². The molecule has 1 aliphatic rings. The van der Waals surface area contributed by atoms with Gasteiger partial charge in [0, 0.05) is 38.0 Å². The van der Waals surface area contributed by atoms with Gasteiger partial charge in [-0.2, -0.15) is 0 Å². The molecule has 6 heteroatoms. The van der Waals surface area contributed by atoms with E-state index in [1.807, 2.05) is 4.90 Å². The lowest BCUT2D eigenvalue weighted by Gasteiger charge is -2.26. The molecule has 1 saturated heterocycles. The zero-order valence-corrected chi connectivity index (χ0v) is 16.4. The van der Waals surface area contributed by atoms with Gasteiger partial charge in [-0.25, -0.2) is 4.99 Å². The van der Waals surface area contributed by atoms with Gasteiger partial charge >= 0.3 is 0 Å². The molecular weight excluding hydrogens is 378 g/mol. The zero-order chi connectivity index (χ0) is 17.1. The van der Waals surface area contributed by atoms with Crippen LogP contribution >= 0.6 is 27.5 Å². The average Bonchev–Trinajstić information content (AvgIpc) is 2.53. The molecule has 4 nitrogen and oxygen atoms in total. The highest BCUT2D eigenvalue weighted by atomic mass is 79.9. The second kappa shape index (κ2) is 11.7. The molecule has 1 heterocycles. The van der Waals surface area contributed by atoms with Gasteiger partial charge < -0.3 is 10.2 Å². The Labute approximate surface area is 153 Å². The Morgan fingerprint density at radius 3 is 2.91 bits per heavy atom. The number of rotatable bonds is 9. The molecule has 0 aromatic carbocycles. The Bertz CT molecular complexity index is 470. The first-order valence-corrected chi connectivity index (χ1v) is 9.49. The average molecular weight is 405 g/mol. The number of carbonyl (C=O) groups excluding carboxylic acids is 1. The van der Waals surface area contributed by atoms with Gasteiger partial charge in [0.15, 0.2) is 0 Å². The number of carbonyl (C=O) groups is 1. The van der Waals surface area contributed by atoms with Crippen molar-refractivity contribution in [2.75, 3.05) is 19.6 Å². The van der Waals surface area contributed by atoms with Crippen molar-refractivity contribution in [3.63, 3.8) is 0 Å². The van der Waals surface area contributed by atoms with Gasteiger partial charge in [-0.05, 0) is 48.5 Å². The highest BCUT2D eigenvalue weighted by Crippen LogP contribution is 2.17. The summed E-state index contributed by atoms with van der Waals surface area (Å²) in [5, 5.41) is 3.93. The Kier molecular flexibility index (Phi) is 10.3. The first kappa shape index (κ1) is 20.2. The Morgan fingerprint density at radius 1 is 1.48 bits per heavy atom. The van der Waals surface area contributed by atoms with E-state index in [9.17, 15) is 4.79 Å². The molecule has 0 aromatic heterocycles. The standard InChI is InChI=1S/C17H27BrClN3O/c1-3-4-8-16(15(18)13-21-14(2)19)20-10-7-12-22-11-6-5-9-17(22)23/h8,13,20H,3-7,9-12H2,1-2H3/b15-13+,16-8-,21-14?. The van der Waals surface area contributed by atoms with E-state index in [0.717, 1.165) is 61.9 Å². The number of aliphatic imine (C=N–C) groups is 1. The zero-order valence-electron chi connectivity index (χ0n) is 14.1. The number of piperidine rings is 1. The first-order valence-electron chi connectivity index (χ1n) is 8.32. The van der Waals surface area contributed by atoms with Crippen molar-refractivity contribution in [1.29, 1.82) is 0 Å². The summed E-state index contributed by atoms with van der Waals surface area (Å²) in [7, 11) is 0. The van der Waals surface area contributed by atoms with Crippen molar-refractivity contribution in [2.45, 2.75) is 52.4 Å². The van der Waals surface area contributed by atoms with Crippen LogP contribution in [0.15, 0.2) is 27.4 Å². The largest absolute Gasteiger partial charge is 0.384 e. The van der Waals surface area contributed by atoms with Crippen molar-refractivity contribution in [3.05, 3.63) is 22.5 Å². The van der Waals surface area contributed by atoms with Crippen LogP contribution in [0.4, 0.5) is 0 Å². The lowest BCUT2D eigenvalue weighted by Crippen LogP contribution is -2.37. The molecule has 1 N–H and O–H groups in total. The molecule has 0 radical (unpaired) electrons. The normalized spacial score (nSPS) is 17.7. The molecule has 1 fully saturated rings. The molecule has 0 aromatic rings. The third kappa shape index (κ3) is 8.56. The van der Waals surface area contributed by atoms with E-state index in [-0.39, 0.29) is 0 Å². The fourth-order valence-electron chi connectivity index (χ4n) is 2.35. The lowest BCUT2D eigenvalue weighted by molar-refractivity contribution is -0.133. The third-order valence-electron chi connectivity index (χ3n) is 3.59. The number of hydrogen-bond donors (Lipinski definition) is 1. The summed E-state index contributed by atoms with van der Waals surface area (Å²) >= 11 is 9.31. The van der Waals surface area contributed by atoms with Gasteiger partial charge in [-0.3, -0.25) is 4.79 Å². The summed E-state index contributed by atoms with van der Waals surface area (Å²) < 4.78 is 0.889. The van der Waals surface area contributed by atoms with Crippen molar-refractivity contribution in [3.8, 4) is 0 Å². The molecule has 130 valence electrons. The molecule has 0 saturated carbocycles. The van der Waals surface area contributed by atoms with E-state index in [1.54, 1.807) is 13.1 Å². The number of amides is 1. The molecule has 1 rings (SSSR count). The molecule has 1 amide bonds. The number of likely N-dealkylation sites (tertiary alicyclic amines) is 1. The first-order chi connectivity index (χ1) is 11.0. The molecule has 0 spiro atoms. The summed E-state index contributed by atoms with van der Waals surface area (Å²) in [5.74, 6) is 0.297. The van der Waals surface area contributed by atoms with Gasteiger partial charge in [-0.15, -0.1) is 0 Å². The maximum Gasteiger partial charge on any atom is 0.222 e. The summed E-state index contributed by atoms with van der Waals surface area (Å²) in [6.45, 7) is 6.45. The number of unbranched alkanes of at least 4 members (excludes halogenated alkanes) is 1. The SMILES string of the molecule is CCC/C=C(NCCCN1CCCCC1=O)/C(Br)=C\N=C(C)Cl. The molecule has 0 bridgehead atoms. The van der Waals surface area contributed by atoms with Gasteiger partial charge in [0.1, 0.15) is 5.17 Å². The number of hydrogen-bond acceptors (Lipinski definition) is 3. The van der Waals surface area contributed by atoms with Gasteiger partial charge in [0.05, 0.1) is 4.48 Å². The predicted octanol–water partition coefficient (Wildman–Crippen LogP) is 4.56. The molecule has 0 atom stereocenters. The molecule has 0 aliphatic carbocycles. The maximum absolute atomic E-state index is 11.8. The molecule has 23 heavy (non-hydrogen) atoms. The summed E-state index contributed by atoms with van der Waals surface area (Å²) in [6, 6.07) is 0. The van der Waals surface area contributed by atoms with E-state index in [1.165, 1.54) is 0 Å². The lowest BCUT2D eigenvalue weighted by atomic mass is 10.1. The molecule has 1 aliphatic heterocycles. The van der Waals surface area contributed by atoms with Crippen molar-refractivity contribution < 1.29 is 4.79 Å². The number of nitrogens with one attached hydrogen (secondary N) is 1. The highest BCUT2D eigenvalue weighted by Gasteiger charge is 2.16. The Balaban J connectivity index is 2.46. The smallest absolute Gasteiger partial charge is 0.222 e. The fourth-order valence-corrected chi connectivity index (χ4v) is 2.80. The second-order valence-electron chi connectivity index (χ2n) is 5.63. The van der Waals surface area contributed by atoms with E-state index >= 15 is 0 Å². The van der Waals surface area contributed by atoms with Crippen LogP contribution in [0.1, 0.15) is 52.4 Å². The van der Waals surface area contributed by atoms with Crippen LogP contribution in [0.2, 0.25) is 0 Å². The minimum atomic E-state index is 0.297. The summed E-state index contributed by atoms with van der Waals surface area (Å²) in [6.07, 6.45) is 9.77. The highest BCUT2D eigenvalue weighted by molar-refractivity contribution is 9.12. The quantitative estimate of drug-likeness (QED) is 0.348. The van der Waals surface area contributed by atoms with E-state index in [0.29, 0.717) is 17.5 Å². The van der Waals surface area contributed by atoms with Crippen LogP contribution in [-0.4, -0.2) is 35.6 Å². The van der Waals surface area contributed by atoms with E-state index in [4.69, 9.17) is 11.6 Å². The van der Waals surface area contributed by atoms with Crippen LogP contribution in [0.3, 0.4) is 0 Å². The number of allylic oxidation sites excluding steroid dienone is 2. The molecular formula is C17H27BrClN3O. The van der Waals surface area contributed by atoms with Crippen LogP contribution in [0.25, 0.3) is 0 Å². The predicted molar refractivity (Wildman–Crippen MR) is 102 cm³/mol. The van der Waals surface area contributed by atoms with Crippen LogP contribution in [0.5, 0.6) is 0 Å². The second-order valence-corrected chi connectivity index (χ2v) is 7.03. The summed E-state index contributed by atoms with van der Waals surface area (Å²) in [5.41, 5.74) is 1.03. The topological polar surface area (TPSA) is 44.7 Å². The third-order valence-corrected chi connectivity index (χ3v) is 4.32. The van der Waals surface area contributed by atoms with Gasteiger partial charge in [-0.1, -0.05) is 31.0 Å². The van der Waals surface area contributed by atoms with Crippen molar-refractivity contribution in [2.24, 2.45) is 4.99 Å². The number of nitrogens with zero attached hydrogens (tertiary/aromatic N) is 2. The Hall–Kier alpha value is -0.810. The Morgan fingerprint density at radius 2 is 2.26 bits per heavy atom. The monoisotopic (exact) mass is 403 g/mol.